The second-order valence-electron chi connectivity index (χ2n) is 2.75. The maximum absolute atomic E-state index is 5.61. The Labute approximate surface area is 61.8 Å². The SMILES string of the molecule is CC(N)CC1=NCCC=C1. The molecule has 1 atom stereocenters. The molecule has 0 bridgehead atoms. The molecule has 0 aliphatic carbocycles. The highest BCUT2D eigenvalue weighted by atomic mass is 14.7. The molecule has 1 heterocycles. The van der Waals surface area contributed by atoms with E-state index in [1.165, 1.54) is 0 Å². The van der Waals surface area contributed by atoms with Gasteiger partial charge in [0.1, 0.15) is 0 Å². The molecular weight excluding hydrogens is 124 g/mol. The number of rotatable bonds is 2. The molecule has 1 aliphatic heterocycles. The van der Waals surface area contributed by atoms with Crippen molar-refractivity contribution in [3.05, 3.63) is 12.2 Å². The van der Waals surface area contributed by atoms with Gasteiger partial charge in [0.15, 0.2) is 0 Å². The molecule has 1 aliphatic rings. The van der Waals surface area contributed by atoms with Crippen LogP contribution in [-0.2, 0) is 0 Å². The first-order valence-electron chi connectivity index (χ1n) is 3.74. The van der Waals surface area contributed by atoms with Gasteiger partial charge in [-0.2, -0.15) is 0 Å². The van der Waals surface area contributed by atoms with E-state index in [2.05, 4.69) is 17.1 Å². The molecule has 56 valence electrons. The monoisotopic (exact) mass is 138 g/mol. The van der Waals surface area contributed by atoms with Gasteiger partial charge in [0.25, 0.3) is 0 Å². The first-order chi connectivity index (χ1) is 4.79. The second kappa shape index (κ2) is 3.52. The maximum atomic E-state index is 5.61. The van der Waals surface area contributed by atoms with E-state index < -0.39 is 0 Å². The zero-order chi connectivity index (χ0) is 7.40. The quantitative estimate of drug-likeness (QED) is 0.610. The predicted molar refractivity (Wildman–Crippen MR) is 44.3 cm³/mol. The van der Waals surface area contributed by atoms with Gasteiger partial charge >= 0.3 is 0 Å². The lowest BCUT2D eigenvalue weighted by Gasteiger charge is -2.07. The Kier molecular flexibility index (Phi) is 2.63. The lowest BCUT2D eigenvalue weighted by molar-refractivity contribution is 0.774. The number of hydrogen-bond donors (Lipinski definition) is 1. The highest BCUT2D eigenvalue weighted by Gasteiger charge is 2.01. The fourth-order valence-corrected chi connectivity index (χ4v) is 1.02. The van der Waals surface area contributed by atoms with Crippen LogP contribution in [0, 0.1) is 0 Å². The van der Waals surface area contributed by atoms with Gasteiger partial charge < -0.3 is 5.73 Å². The Morgan fingerprint density at radius 2 is 2.60 bits per heavy atom. The summed E-state index contributed by atoms with van der Waals surface area (Å²) < 4.78 is 0. The zero-order valence-corrected chi connectivity index (χ0v) is 6.38. The molecule has 0 amide bonds. The Morgan fingerprint density at radius 3 is 3.10 bits per heavy atom. The van der Waals surface area contributed by atoms with Crippen LogP contribution in [-0.4, -0.2) is 18.3 Å². The topological polar surface area (TPSA) is 38.4 Å². The van der Waals surface area contributed by atoms with Crippen molar-refractivity contribution in [2.75, 3.05) is 6.54 Å². The molecular formula is C8H14N2. The second-order valence-corrected chi connectivity index (χ2v) is 2.75. The highest BCUT2D eigenvalue weighted by molar-refractivity contribution is 5.95. The van der Waals surface area contributed by atoms with E-state index in [0.29, 0.717) is 0 Å². The highest BCUT2D eigenvalue weighted by Crippen LogP contribution is 2.01. The maximum Gasteiger partial charge on any atom is 0.0427 e. The Bertz CT molecular complexity index is 157. The van der Waals surface area contributed by atoms with Crippen molar-refractivity contribution in [1.29, 1.82) is 0 Å². The van der Waals surface area contributed by atoms with E-state index in [1.807, 2.05) is 6.92 Å². The van der Waals surface area contributed by atoms with Crippen LogP contribution in [0.5, 0.6) is 0 Å². The summed E-state index contributed by atoms with van der Waals surface area (Å²) in [6.07, 6.45) is 6.23. The first-order valence-corrected chi connectivity index (χ1v) is 3.74. The zero-order valence-electron chi connectivity index (χ0n) is 6.38. The van der Waals surface area contributed by atoms with E-state index >= 15 is 0 Å². The molecule has 0 fully saturated rings. The van der Waals surface area contributed by atoms with Gasteiger partial charge in [-0.15, -0.1) is 0 Å². The lowest BCUT2D eigenvalue weighted by Crippen LogP contribution is -2.19. The molecule has 1 unspecified atom stereocenters. The molecule has 0 aromatic heterocycles. The third-order valence-corrected chi connectivity index (χ3v) is 1.45. The smallest absolute Gasteiger partial charge is 0.0427 e. The summed E-state index contributed by atoms with van der Waals surface area (Å²) >= 11 is 0. The average Bonchev–Trinajstić information content (AvgIpc) is 1.88. The molecule has 0 saturated carbocycles. The Hall–Kier alpha value is -0.630. The van der Waals surface area contributed by atoms with E-state index in [0.717, 1.165) is 25.1 Å². The summed E-state index contributed by atoms with van der Waals surface area (Å²) in [5, 5.41) is 0. The molecule has 1 rings (SSSR count). The predicted octanol–water partition coefficient (Wildman–Crippen LogP) is 1.12. The van der Waals surface area contributed by atoms with Crippen molar-refractivity contribution < 1.29 is 0 Å². The van der Waals surface area contributed by atoms with Crippen molar-refractivity contribution in [3.63, 3.8) is 0 Å². The summed E-state index contributed by atoms with van der Waals surface area (Å²) in [7, 11) is 0. The van der Waals surface area contributed by atoms with Crippen LogP contribution in [0.1, 0.15) is 19.8 Å². The lowest BCUT2D eigenvalue weighted by atomic mass is 10.1. The van der Waals surface area contributed by atoms with E-state index in [-0.39, 0.29) is 6.04 Å². The van der Waals surface area contributed by atoms with Crippen LogP contribution in [0.4, 0.5) is 0 Å². The fraction of sp³-hybridized carbons (Fsp3) is 0.625. The number of nitrogens with zero attached hydrogens (tertiary/aromatic N) is 1. The number of aliphatic imine (C=N–C) groups is 1. The van der Waals surface area contributed by atoms with Gasteiger partial charge in [-0.3, -0.25) is 4.99 Å². The minimum atomic E-state index is 0.237. The average molecular weight is 138 g/mol. The van der Waals surface area contributed by atoms with Crippen LogP contribution in [0.25, 0.3) is 0 Å². The molecule has 0 spiro atoms. The number of hydrogen-bond acceptors (Lipinski definition) is 2. The fourth-order valence-electron chi connectivity index (χ4n) is 1.02. The van der Waals surface area contributed by atoms with E-state index in [4.69, 9.17) is 5.73 Å². The normalized spacial score (nSPS) is 20.4. The van der Waals surface area contributed by atoms with Crippen molar-refractivity contribution in [1.82, 2.24) is 0 Å². The van der Waals surface area contributed by atoms with Crippen molar-refractivity contribution in [2.24, 2.45) is 10.7 Å². The van der Waals surface area contributed by atoms with Crippen LogP contribution >= 0.6 is 0 Å². The van der Waals surface area contributed by atoms with Gasteiger partial charge in [0.2, 0.25) is 0 Å². The summed E-state index contributed by atoms with van der Waals surface area (Å²) in [4.78, 5) is 4.32. The summed E-state index contributed by atoms with van der Waals surface area (Å²) in [6.45, 7) is 2.95. The van der Waals surface area contributed by atoms with E-state index in [1.54, 1.807) is 0 Å². The van der Waals surface area contributed by atoms with Gasteiger partial charge in [0.05, 0.1) is 0 Å². The van der Waals surface area contributed by atoms with Crippen molar-refractivity contribution in [3.8, 4) is 0 Å². The van der Waals surface area contributed by atoms with Crippen LogP contribution in [0.3, 0.4) is 0 Å². The molecule has 0 saturated heterocycles. The van der Waals surface area contributed by atoms with Gasteiger partial charge in [-0.25, -0.2) is 0 Å². The van der Waals surface area contributed by atoms with Crippen LogP contribution in [0.15, 0.2) is 17.1 Å². The number of dihydropyridines is 1. The molecule has 0 radical (unpaired) electrons. The number of nitrogens with two attached hydrogens (primary N) is 1. The standard InChI is InChI=1S/C8H14N2/c1-7(9)6-8-4-2-3-5-10-8/h2,4,7H,3,5-6,9H2,1H3. The van der Waals surface area contributed by atoms with Crippen LogP contribution < -0.4 is 5.73 Å². The summed E-state index contributed by atoms with van der Waals surface area (Å²) in [5.41, 5.74) is 6.76. The number of allylic oxidation sites excluding steroid dienone is 1. The third-order valence-electron chi connectivity index (χ3n) is 1.45. The summed E-state index contributed by atoms with van der Waals surface area (Å²) in [6, 6.07) is 0.237. The molecule has 2 N–H and O–H groups in total. The molecule has 2 nitrogen and oxygen atoms in total. The molecule has 2 heteroatoms. The Morgan fingerprint density at radius 1 is 1.80 bits per heavy atom. The van der Waals surface area contributed by atoms with E-state index in [9.17, 15) is 0 Å². The first kappa shape index (κ1) is 7.48. The molecule has 0 aromatic rings. The van der Waals surface area contributed by atoms with Gasteiger partial charge in [0, 0.05) is 24.7 Å². The van der Waals surface area contributed by atoms with Crippen molar-refractivity contribution >= 4 is 5.71 Å². The summed E-state index contributed by atoms with van der Waals surface area (Å²) in [5.74, 6) is 0. The Balaban J connectivity index is 2.40. The minimum Gasteiger partial charge on any atom is -0.328 e. The van der Waals surface area contributed by atoms with Gasteiger partial charge in [-0.05, 0) is 19.4 Å². The molecule has 10 heavy (non-hydrogen) atoms. The van der Waals surface area contributed by atoms with Gasteiger partial charge in [-0.1, -0.05) is 6.08 Å². The third kappa shape index (κ3) is 2.31. The molecule has 0 aromatic carbocycles. The van der Waals surface area contributed by atoms with Crippen molar-refractivity contribution in [2.45, 2.75) is 25.8 Å². The largest absolute Gasteiger partial charge is 0.328 e. The minimum absolute atomic E-state index is 0.237. The van der Waals surface area contributed by atoms with Crippen LogP contribution in [0.2, 0.25) is 0 Å².